The van der Waals surface area contributed by atoms with Gasteiger partial charge in [-0.2, -0.15) is 0 Å². The number of nitro groups is 1. The Morgan fingerprint density at radius 3 is 2.43 bits per heavy atom. The Bertz CT molecular complexity index is 1020. The van der Waals surface area contributed by atoms with Crippen LogP contribution in [0, 0.1) is 10.1 Å². The first-order valence-corrected chi connectivity index (χ1v) is 9.94. The molecule has 2 N–H and O–H groups in total. The molecular formula is C22H22N4O4. The number of hydrogen-bond acceptors (Lipinski definition) is 6. The van der Waals surface area contributed by atoms with Gasteiger partial charge in [-0.1, -0.05) is 18.6 Å². The molecule has 0 aromatic heterocycles. The lowest BCUT2D eigenvalue weighted by Crippen LogP contribution is -2.36. The topological polar surface area (TPSA) is 105 Å². The number of carbonyl (C=O) groups excluding carboxylic acids is 2. The second kappa shape index (κ2) is 8.46. The number of hydrogen-bond donors (Lipinski definition) is 2. The van der Waals surface area contributed by atoms with Crippen LogP contribution >= 0.6 is 0 Å². The van der Waals surface area contributed by atoms with Crippen molar-refractivity contribution in [1.29, 1.82) is 0 Å². The maximum absolute atomic E-state index is 12.3. The molecule has 1 fully saturated rings. The molecule has 2 amide bonds. The Balaban J connectivity index is 1.52. The standard InChI is InChI=1S/C22H22N4O4/c27-21-18-9-8-17(26(29)30)12-19(18)20(22(28)24-21)13-23-16-6-4-15(5-7-16)14-25-10-2-1-3-11-25/h4-9,12-13,23H,1-3,10-11,14H2,(H,24,27,28)/b20-13-. The fourth-order valence-corrected chi connectivity index (χ4v) is 3.81. The zero-order valence-electron chi connectivity index (χ0n) is 16.4. The van der Waals surface area contributed by atoms with Crippen molar-refractivity contribution < 1.29 is 14.5 Å². The quantitative estimate of drug-likeness (QED) is 0.342. The molecule has 4 rings (SSSR count). The number of anilines is 1. The summed E-state index contributed by atoms with van der Waals surface area (Å²) in [6.07, 6.45) is 5.28. The third kappa shape index (κ3) is 4.23. The van der Waals surface area contributed by atoms with Gasteiger partial charge in [0.05, 0.1) is 10.5 Å². The number of fused-ring (bicyclic) bond motifs is 1. The van der Waals surface area contributed by atoms with Gasteiger partial charge in [-0.05, 0) is 49.7 Å². The Morgan fingerprint density at radius 1 is 1.00 bits per heavy atom. The van der Waals surface area contributed by atoms with Gasteiger partial charge in [-0.25, -0.2) is 0 Å². The Hall–Kier alpha value is -3.52. The van der Waals surface area contributed by atoms with Crippen LogP contribution in [0.1, 0.15) is 40.7 Å². The molecule has 2 aromatic carbocycles. The lowest BCUT2D eigenvalue weighted by molar-refractivity contribution is -0.384. The van der Waals surface area contributed by atoms with E-state index < -0.39 is 16.7 Å². The van der Waals surface area contributed by atoms with Gasteiger partial charge in [-0.15, -0.1) is 0 Å². The highest BCUT2D eigenvalue weighted by atomic mass is 16.6. The molecule has 2 aliphatic heterocycles. The Kier molecular flexibility index (Phi) is 5.58. The fraction of sp³-hybridized carbons (Fsp3) is 0.273. The number of likely N-dealkylation sites (tertiary alicyclic amines) is 1. The van der Waals surface area contributed by atoms with E-state index in [0.29, 0.717) is 0 Å². The van der Waals surface area contributed by atoms with Crippen LogP contribution in [-0.2, 0) is 11.3 Å². The van der Waals surface area contributed by atoms with Crippen LogP contribution in [0.5, 0.6) is 0 Å². The van der Waals surface area contributed by atoms with E-state index in [4.69, 9.17) is 0 Å². The van der Waals surface area contributed by atoms with Crippen molar-refractivity contribution in [3.05, 3.63) is 75.5 Å². The van der Waals surface area contributed by atoms with Crippen LogP contribution < -0.4 is 10.6 Å². The van der Waals surface area contributed by atoms with E-state index in [-0.39, 0.29) is 22.4 Å². The van der Waals surface area contributed by atoms with Crippen LogP contribution in [-0.4, -0.2) is 34.7 Å². The normalized spacial score (nSPS) is 18.1. The lowest BCUT2D eigenvalue weighted by Gasteiger charge is -2.26. The molecule has 1 saturated heterocycles. The zero-order chi connectivity index (χ0) is 21.1. The summed E-state index contributed by atoms with van der Waals surface area (Å²) in [5, 5.41) is 16.4. The summed E-state index contributed by atoms with van der Waals surface area (Å²) < 4.78 is 0. The van der Waals surface area contributed by atoms with E-state index in [1.54, 1.807) is 0 Å². The minimum absolute atomic E-state index is 0.172. The molecule has 0 aliphatic carbocycles. The summed E-state index contributed by atoms with van der Waals surface area (Å²) >= 11 is 0. The molecule has 0 saturated carbocycles. The molecule has 0 unspecified atom stereocenters. The largest absolute Gasteiger partial charge is 0.361 e. The smallest absolute Gasteiger partial charge is 0.270 e. The first-order chi connectivity index (χ1) is 14.5. The molecule has 0 atom stereocenters. The van der Waals surface area contributed by atoms with Gasteiger partial charge >= 0.3 is 0 Å². The summed E-state index contributed by atoms with van der Waals surface area (Å²) in [4.78, 5) is 37.4. The predicted molar refractivity (Wildman–Crippen MR) is 113 cm³/mol. The van der Waals surface area contributed by atoms with Gasteiger partial charge in [-0.3, -0.25) is 29.9 Å². The van der Waals surface area contributed by atoms with Crippen molar-refractivity contribution in [2.75, 3.05) is 18.4 Å². The molecule has 0 radical (unpaired) electrons. The van der Waals surface area contributed by atoms with Gasteiger partial charge in [0.2, 0.25) is 0 Å². The monoisotopic (exact) mass is 406 g/mol. The van der Waals surface area contributed by atoms with Crippen LogP contribution in [0.25, 0.3) is 5.57 Å². The minimum atomic E-state index is -0.595. The number of benzene rings is 2. The maximum atomic E-state index is 12.3. The van der Waals surface area contributed by atoms with Crippen LogP contribution in [0.3, 0.4) is 0 Å². The number of piperidine rings is 1. The second-order valence-corrected chi connectivity index (χ2v) is 7.51. The molecule has 8 heteroatoms. The van der Waals surface area contributed by atoms with E-state index in [1.165, 1.54) is 49.2 Å². The summed E-state index contributed by atoms with van der Waals surface area (Å²) in [5.74, 6) is -1.16. The van der Waals surface area contributed by atoms with Gasteiger partial charge in [0.1, 0.15) is 0 Å². The van der Waals surface area contributed by atoms with Crippen molar-refractivity contribution in [1.82, 2.24) is 10.2 Å². The lowest BCUT2D eigenvalue weighted by atomic mass is 9.95. The molecule has 8 nitrogen and oxygen atoms in total. The van der Waals surface area contributed by atoms with Crippen molar-refractivity contribution in [2.24, 2.45) is 0 Å². The Morgan fingerprint density at radius 2 is 1.73 bits per heavy atom. The predicted octanol–water partition coefficient (Wildman–Crippen LogP) is 3.30. The molecule has 154 valence electrons. The van der Waals surface area contributed by atoms with Gasteiger partial charge in [0.25, 0.3) is 17.5 Å². The number of imide groups is 1. The number of amides is 2. The number of nitro benzene ring substituents is 1. The summed E-state index contributed by atoms with van der Waals surface area (Å²) in [7, 11) is 0. The van der Waals surface area contributed by atoms with Gasteiger partial charge < -0.3 is 5.32 Å². The zero-order valence-corrected chi connectivity index (χ0v) is 16.4. The molecular weight excluding hydrogens is 384 g/mol. The van der Waals surface area contributed by atoms with E-state index in [1.807, 2.05) is 24.3 Å². The third-order valence-corrected chi connectivity index (χ3v) is 5.41. The number of carbonyl (C=O) groups is 2. The average Bonchev–Trinajstić information content (AvgIpc) is 2.75. The van der Waals surface area contributed by atoms with Crippen LogP contribution in [0.4, 0.5) is 11.4 Å². The van der Waals surface area contributed by atoms with E-state index in [2.05, 4.69) is 15.5 Å². The number of nitrogens with zero attached hydrogens (tertiary/aromatic N) is 2. The highest BCUT2D eigenvalue weighted by Crippen LogP contribution is 2.28. The summed E-state index contributed by atoms with van der Waals surface area (Å²) in [6.45, 7) is 3.18. The van der Waals surface area contributed by atoms with Crippen LogP contribution in [0.2, 0.25) is 0 Å². The number of rotatable bonds is 5. The van der Waals surface area contributed by atoms with Crippen LogP contribution in [0.15, 0.2) is 48.7 Å². The highest BCUT2D eigenvalue weighted by Gasteiger charge is 2.29. The second-order valence-electron chi connectivity index (χ2n) is 7.51. The molecule has 2 aromatic rings. The number of non-ortho nitro benzene ring substituents is 1. The summed E-state index contributed by atoms with van der Waals surface area (Å²) in [6, 6.07) is 11.8. The fourth-order valence-electron chi connectivity index (χ4n) is 3.81. The van der Waals surface area contributed by atoms with E-state index in [9.17, 15) is 19.7 Å². The van der Waals surface area contributed by atoms with Gasteiger partial charge in [0, 0.05) is 41.7 Å². The molecule has 2 aliphatic rings. The van der Waals surface area contributed by atoms with Crippen molar-refractivity contribution in [3.8, 4) is 0 Å². The number of nitrogens with one attached hydrogen (secondary N) is 2. The molecule has 0 spiro atoms. The minimum Gasteiger partial charge on any atom is -0.361 e. The van der Waals surface area contributed by atoms with Crippen molar-refractivity contribution >= 4 is 28.8 Å². The average molecular weight is 406 g/mol. The Labute approximate surface area is 173 Å². The summed E-state index contributed by atoms with van der Waals surface area (Å²) in [5.41, 5.74) is 2.46. The van der Waals surface area contributed by atoms with E-state index in [0.717, 1.165) is 25.3 Å². The third-order valence-electron chi connectivity index (χ3n) is 5.41. The maximum Gasteiger partial charge on any atom is 0.270 e. The SMILES string of the molecule is O=C1NC(=O)c2ccc([N+](=O)[O-])cc2/C1=C/Nc1ccc(CN2CCCCC2)cc1. The first-order valence-electron chi connectivity index (χ1n) is 9.94. The molecule has 2 heterocycles. The highest BCUT2D eigenvalue weighted by molar-refractivity contribution is 6.31. The van der Waals surface area contributed by atoms with E-state index >= 15 is 0 Å². The molecule has 0 bridgehead atoms. The molecule has 30 heavy (non-hydrogen) atoms. The van der Waals surface area contributed by atoms with Gasteiger partial charge in [0.15, 0.2) is 0 Å². The van der Waals surface area contributed by atoms with Crippen molar-refractivity contribution in [2.45, 2.75) is 25.8 Å². The van der Waals surface area contributed by atoms with Crippen molar-refractivity contribution in [3.63, 3.8) is 0 Å². The first kappa shape index (κ1) is 19.8.